The number of ether oxygens (including phenoxy) is 1. The average molecular weight is 265 g/mol. The van der Waals surface area contributed by atoms with Gasteiger partial charge in [-0.2, -0.15) is 4.98 Å². The standard InChI is InChI=1S/C12H19N5O2/c1-2-19-11-8-14-7-10(16-11)15-9-12(18)17-5-3-13-4-6-17/h7-8,13H,2-6,9H2,1H3,(H,15,16). The van der Waals surface area contributed by atoms with Crippen molar-refractivity contribution in [3.05, 3.63) is 12.4 Å². The summed E-state index contributed by atoms with van der Waals surface area (Å²) in [7, 11) is 0. The molecule has 2 N–H and O–H groups in total. The molecular formula is C12H19N5O2. The largest absolute Gasteiger partial charge is 0.477 e. The molecule has 0 aliphatic carbocycles. The van der Waals surface area contributed by atoms with E-state index >= 15 is 0 Å². The Balaban J connectivity index is 1.83. The number of nitrogens with one attached hydrogen (secondary N) is 2. The molecular weight excluding hydrogens is 246 g/mol. The summed E-state index contributed by atoms with van der Waals surface area (Å²) < 4.78 is 5.25. The van der Waals surface area contributed by atoms with E-state index in [9.17, 15) is 4.79 Å². The molecule has 1 saturated heterocycles. The van der Waals surface area contributed by atoms with Crippen LogP contribution in [0.15, 0.2) is 12.4 Å². The quantitative estimate of drug-likeness (QED) is 0.762. The minimum atomic E-state index is 0.0742. The number of aromatic nitrogens is 2. The van der Waals surface area contributed by atoms with E-state index in [-0.39, 0.29) is 12.5 Å². The van der Waals surface area contributed by atoms with Crippen LogP contribution in [-0.4, -0.2) is 60.1 Å². The van der Waals surface area contributed by atoms with Gasteiger partial charge in [0, 0.05) is 26.2 Å². The highest BCUT2D eigenvalue weighted by atomic mass is 16.5. The second kappa shape index (κ2) is 6.89. The molecule has 0 bridgehead atoms. The molecule has 0 aromatic carbocycles. The van der Waals surface area contributed by atoms with Crippen LogP contribution >= 0.6 is 0 Å². The van der Waals surface area contributed by atoms with Gasteiger partial charge in [-0.15, -0.1) is 0 Å². The first kappa shape index (κ1) is 13.5. The van der Waals surface area contributed by atoms with Crippen molar-refractivity contribution in [2.45, 2.75) is 6.92 Å². The number of anilines is 1. The topological polar surface area (TPSA) is 79.4 Å². The summed E-state index contributed by atoms with van der Waals surface area (Å²) in [5.74, 6) is 1.08. The predicted molar refractivity (Wildman–Crippen MR) is 71.1 cm³/mol. The minimum Gasteiger partial charge on any atom is -0.477 e. The molecule has 1 fully saturated rings. The van der Waals surface area contributed by atoms with Crippen molar-refractivity contribution < 1.29 is 9.53 Å². The molecule has 2 rings (SSSR count). The van der Waals surface area contributed by atoms with E-state index in [0.717, 1.165) is 26.2 Å². The third kappa shape index (κ3) is 4.06. The van der Waals surface area contributed by atoms with Crippen LogP contribution in [0.25, 0.3) is 0 Å². The van der Waals surface area contributed by atoms with Gasteiger partial charge in [0.15, 0.2) is 0 Å². The zero-order valence-corrected chi connectivity index (χ0v) is 11.1. The van der Waals surface area contributed by atoms with E-state index < -0.39 is 0 Å². The van der Waals surface area contributed by atoms with Gasteiger partial charge in [-0.25, -0.2) is 0 Å². The van der Waals surface area contributed by atoms with Gasteiger partial charge in [0.1, 0.15) is 5.82 Å². The van der Waals surface area contributed by atoms with Gasteiger partial charge in [0.05, 0.1) is 25.5 Å². The zero-order valence-electron chi connectivity index (χ0n) is 11.1. The average Bonchev–Trinajstić information content (AvgIpc) is 2.46. The molecule has 0 radical (unpaired) electrons. The predicted octanol–water partition coefficient (Wildman–Crippen LogP) is -0.281. The van der Waals surface area contributed by atoms with Gasteiger partial charge in [-0.1, -0.05) is 0 Å². The molecule has 19 heavy (non-hydrogen) atoms. The van der Waals surface area contributed by atoms with Crippen LogP contribution in [0, 0.1) is 0 Å². The number of nitrogens with zero attached hydrogens (tertiary/aromatic N) is 3. The van der Waals surface area contributed by atoms with Crippen molar-refractivity contribution in [1.29, 1.82) is 0 Å². The van der Waals surface area contributed by atoms with E-state index in [1.54, 1.807) is 12.4 Å². The second-order valence-electron chi connectivity index (χ2n) is 4.16. The number of piperazine rings is 1. The SMILES string of the molecule is CCOc1cncc(NCC(=O)N2CCNCC2)n1. The van der Waals surface area contributed by atoms with Crippen molar-refractivity contribution in [1.82, 2.24) is 20.2 Å². The van der Waals surface area contributed by atoms with Crippen LogP contribution in [-0.2, 0) is 4.79 Å². The van der Waals surface area contributed by atoms with Crippen molar-refractivity contribution in [3.63, 3.8) is 0 Å². The number of amides is 1. The van der Waals surface area contributed by atoms with Gasteiger partial charge in [-0.05, 0) is 6.92 Å². The molecule has 0 atom stereocenters. The van der Waals surface area contributed by atoms with Gasteiger partial charge in [0.25, 0.3) is 0 Å². The van der Waals surface area contributed by atoms with E-state index in [1.807, 2.05) is 11.8 Å². The summed E-state index contributed by atoms with van der Waals surface area (Å²) in [6, 6.07) is 0. The summed E-state index contributed by atoms with van der Waals surface area (Å²) in [5, 5.41) is 6.19. The van der Waals surface area contributed by atoms with Crippen molar-refractivity contribution in [3.8, 4) is 5.88 Å². The third-order valence-corrected chi connectivity index (χ3v) is 2.80. The lowest BCUT2D eigenvalue weighted by molar-refractivity contribution is -0.129. The number of hydrogen-bond donors (Lipinski definition) is 2. The Morgan fingerprint density at radius 3 is 3.00 bits per heavy atom. The van der Waals surface area contributed by atoms with Gasteiger partial charge in [0.2, 0.25) is 11.8 Å². The Bertz CT molecular complexity index is 420. The summed E-state index contributed by atoms with van der Waals surface area (Å²) in [6.45, 7) is 5.87. The van der Waals surface area contributed by atoms with Crippen molar-refractivity contribution in [2.24, 2.45) is 0 Å². The summed E-state index contributed by atoms with van der Waals surface area (Å²) >= 11 is 0. The Hall–Kier alpha value is -1.89. The maximum Gasteiger partial charge on any atom is 0.242 e. The van der Waals surface area contributed by atoms with Gasteiger partial charge < -0.3 is 20.3 Å². The van der Waals surface area contributed by atoms with E-state index in [0.29, 0.717) is 18.3 Å². The van der Waals surface area contributed by atoms with Crippen LogP contribution in [0.1, 0.15) is 6.92 Å². The molecule has 0 unspecified atom stereocenters. The highest BCUT2D eigenvalue weighted by molar-refractivity contribution is 5.80. The Morgan fingerprint density at radius 2 is 2.26 bits per heavy atom. The lowest BCUT2D eigenvalue weighted by atomic mass is 10.3. The Kier molecular flexibility index (Phi) is 4.91. The fraction of sp³-hybridized carbons (Fsp3) is 0.583. The molecule has 7 nitrogen and oxygen atoms in total. The molecule has 1 amide bonds. The first-order valence-corrected chi connectivity index (χ1v) is 6.47. The van der Waals surface area contributed by atoms with Crippen LogP contribution in [0.3, 0.4) is 0 Å². The van der Waals surface area contributed by atoms with Gasteiger partial charge in [-0.3, -0.25) is 9.78 Å². The molecule has 7 heteroatoms. The summed E-state index contributed by atoms with van der Waals surface area (Å²) in [5.41, 5.74) is 0. The first-order valence-electron chi connectivity index (χ1n) is 6.47. The molecule has 1 aromatic rings. The van der Waals surface area contributed by atoms with Crippen molar-refractivity contribution in [2.75, 3.05) is 44.6 Å². The van der Waals surface area contributed by atoms with E-state index in [4.69, 9.17) is 4.74 Å². The number of rotatable bonds is 5. The highest BCUT2D eigenvalue weighted by Crippen LogP contribution is 2.08. The number of carbonyl (C=O) groups is 1. The van der Waals surface area contributed by atoms with E-state index in [1.165, 1.54) is 0 Å². The maximum absolute atomic E-state index is 11.9. The van der Waals surface area contributed by atoms with Crippen LogP contribution in [0.4, 0.5) is 5.82 Å². The summed E-state index contributed by atoms with van der Waals surface area (Å²) in [4.78, 5) is 22.0. The Morgan fingerprint density at radius 1 is 1.47 bits per heavy atom. The summed E-state index contributed by atoms with van der Waals surface area (Å²) in [6.07, 6.45) is 3.13. The van der Waals surface area contributed by atoms with Gasteiger partial charge >= 0.3 is 0 Å². The highest BCUT2D eigenvalue weighted by Gasteiger charge is 2.15. The number of hydrogen-bond acceptors (Lipinski definition) is 6. The van der Waals surface area contributed by atoms with E-state index in [2.05, 4.69) is 20.6 Å². The lowest BCUT2D eigenvalue weighted by Gasteiger charge is -2.27. The molecule has 1 aromatic heterocycles. The molecule has 104 valence electrons. The fourth-order valence-electron chi connectivity index (χ4n) is 1.84. The third-order valence-electron chi connectivity index (χ3n) is 2.80. The molecule has 0 saturated carbocycles. The zero-order chi connectivity index (χ0) is 13.5. The Labute approximate surface area is 112 Å². The van der Waals surface area contributed by atoms with Crippen LogP contribution in [0.2, 0.25) is 0 Å². The first-order chi connectivity index (χ1) is 9.29. The molecule has 1 aliphatic heterocycles. The molecule has 2 heterocycles. The van der Waals surface area contributed by atoms with Crippen LogP contribution in [0.5, 0.6) is 5.88 Å². The fourth-order valence-corrected chi connectivity index (χ4v) is 1.84. The maximum atomic E-state index is 11.9. The normalized spacial score (nSPS) is 15.1. The van der Waals surface area contributed by atoms with Crippen molar-refractivity contribution >= 4 is 11.7 Å². The number of carbonyl (C=O) groups excluding carboxylic acids is 1. The molecule has 1 aliphatic rings. The lowest BCUT2D eigenvalue weighted by Crippen LogP contribution is -2.48. The smallest absolute Gasteiger partial charge is 0.242 e. The molecule has 0 spiro atoms. The monoisotopic (exact) mass is 265 g/mol. The second-order valence-corrected chi connectivity index (χ2v) is 4.16. The minimum absolute atomic E-state index is 0.0742. The van der Waals surface area contributed by atoms with Crippen LogP contribution < -0.4 is 15.4 Å².